The Hall–Kier alpha value is -5.52. The maximum Gasteiger partial charge on any atom is 0.305 e. The lowest BCUT2D eigenvalue weighted by molar-refractivity contribution is -0.343. The Balaban J connectivity index is 1.36. The van der Waals surface area contributed by atoms with Crippen LogP contribution in [-0.2, 0) is 97.7 Å². The number of hydrogen-bond acceptors (Lipinski definition) is 15. The van der Waals surface area contributed by atoms with Crippen molar-refractivity contribution in [2.75, 3.05) is 13.2 Å². The molecule has 0 bridgehead atoms. The number of esters is 4. The Bertz CT molecular complexity index is 2020. The maximum absolute atomic E-state index is 12.6. The second-order valence-corrected chi connectivity index (χ2v) is 15.0. The molecule has 0 aliphatic carbocycles. The molecule has 0 aromatic heterocycles. The van der Waals surface area contributed by atoms with Gasteiger partial charge < -0.3 is 52.1 Å². The minimum atomic E-state index is -1.59. The number of benzene rings is 4. The minimum absolute atomic E-state index is 0.0495. The minimum Gasteiger partial charge on any atom is -0.456 e. The molecule has 0 radical (unpaired) electrons. The van der Waals surface area contributed by atoms with Gasteiger partial charge in [-0.2, -0.15) is 0 Å². The Morgan fingerprint density at radius 3 is 1.24 bits per heavy atom. The van der Waals surface area contributed by atoms with Gasteiger partial charge in [-0.25, -0.2) is 0 Å². The summed E-state index contributed by atoms with van der Waals surface area (Å²) in [4.78, 5) is 49.7. The van der Waals surface area contributed by atoms with Crippen molar-refractivity contribution >= 4 is 23.9 Å². The molecule has 0 saturated carbocycles. The summed E-state index contributed by atoms with van der Waals surface area (Å²) in [6.07, 6.45) is -11.9. The van der Waals surface area contributed by atoms with Crippen molar-refractivity contribution in [3.63, 3.8) is 0 Å². The van der Waals surface area contributed by atoms with E-state index in [0.717, 1.165) is 49.9 Å². The molecule has 0 N–H and O–H groups in total. The van der Waals surface area contributed by atoms with E-state index in [-0.39, 0.29) is 33.0 Å². The summed E-state index contributed by atoms with van der Waals surface area (Å²) in [6, 6.07) is 38.6. The molecule has 336 valence electrons. The highest BCUT2D eigenvalue weighted by atomic mass is 16.8. The van der Waals surface area contributed by atoms with Crippen LogP contribution in [0.15, 0.2) is 121 Å². The lowest BCUT2D eigenvalue weighted by Gasteiger charge is -2.47. The predicted molar refractivity (Wildman–Crippen MR) is 223 cm³/mol. The Kier molecular flexibility index (Phi) is 17.7. The second kappa shape index (κ2) is 23.8. The first-order chi connectivity index (χ1) is 30.5. The lowest BCUT2D eigenvalue weighted by Crippen LogP contribution is -2.64. The van der Waals surface area contributed by atoms with Gasteiger partial charge in [0.15, 0.2) is 18.5 Å². The number of rotatable bonds is 20. The molecule has 1 unspecified atom stereocenters. The van der Waals surface area contributed by atoms with E-state index in [1.165, 1.54) is 0 Å². The van der Waals surface area contributed by atoms with Crippen molar-refractivity contribution in [1.82, 2.24) is 0 Å². The molecule has 15 nitrogen and oxygen atoms in total. The fourth-order valence-corrected chi connectivity index (χ4v) is 7.32. The van der Waals surface area contributed by atoms with Crippen LogP contribution in [-0.4, -0.2) is 98.5 Å². The van der Waals surface area contributed by atoms with Gasteiger partial charge in [0.2, 0.25) is 12.4 Å². The Morgan fingerprint density at radius 2 is 0.762 bits per heavy atom. The van der Waals surface area contributed by atoms with Crippen LogP contribution in [0.25, 0.3) is 0 Å². The van der Waals surface area contributed by atoms with E-state index in [9.17, 15) is 19.2 Å². The van der Waals surface area contributed by atoms with Crippen molar-refractivity contribution < 1.29 is 71.3 Å². The SMILES string of the molecule is CC(=O)OC1O[C@H](CO[C@H]2O[C@H](COCc3ccccc3)[C@H](OCc3ccccc3)[C@H](OCc3ccccc3)[C@H]2OCc2ccccc2)[C@H](OC(C)=O)[C@H](OC(C)=O)[C@H]1OC(C)=O. The van der Waals surface area contributed by atoms with E-state index in [1.54, 1.807) is 0 Å². The van der Waals surface area contributed by atoms with Crippen LogP contribution in [0.2, 0.25) is 0 Å². The summed E-state index contributed by atoms with van der Waals surface area (Å²) in [5.74, 6) is -3.14. The van der Waals surface area contributed by atoms with Gasteiger partial charge >= 0.3 is 23.9 Å². The van der Waals surface area contributed by atoms with Crippen molar-refractivity contribution in [3.05, 3.63) is 144 Å². The standard InChI is InChI=1S/C48H54O15/c1-31(49)58-42-40(63-48(61-34(4)52)46(60-33(3)51)44(42)59-32(2)50)30-57-47-45(56-28-38-23-15-8-16-24-38)43(55-27-37-21-13-7-14-22-37)41(54-26-36-19-11-6-12-20-36)39(62-47)29-53-25-35-17-9-5-10-18-35/h5-24,39-48H,25-30H2,1-4H3/t39-,40-,41+,42+,43+,44+,45-,46-,47+,48?/m1/s1. The zero-order valence-electron chi connectivity index (χ0n) is 35.7. The van der Waals surface area contributed by atoms with Gasteiger partial charge in [-0.3, -0.25) is 19.2 Å². The van der Waals surface area contributed by atoms with Gasteiger partial charge in [-0.15, -0.1) is 0 Å². The largest absolute Gasteiger partial charge is 0.456 e. The van der Waals surface area contributed by atoms with Crippen LogP contribution < -0.4 is 0 Å². The van der Waals surface area contributed by atoms with Gasteiger partial charge in [-0.05, 0) is 22.3 Å². The van der Waals surface area contributed by atoms with Gasteiger partial charge in [-0.1, -0.05) is 121 Å². The molecule has 15 heteroatoms. The van der Waals surface area contributed by atoms with E-state index in [0.29, 0.717) is 0 Å². The highest BCUT2D eigenvalue weighted by Crippen LogP contribution is 2.34. The lowest BCUT2D eigenvalue weighted by atomic mass is 9.97. The van der Waals surface area contributed by atoms with E-state index in [4.69, 9.17) is 52.1 Å². The molecular weight excluding hydrogens is 817 g/mol. The first-order valence-electron chi connectivity index (χ1n) is 20.7. The zero-order chi connectivity index (χ0) is 44.6. The molecule has 10 atom stereocenters. The van der Waals surface area contributed by atoms with Gasteiger partial charge in [0.1, 0.15) is 30.5 Å². The van der Waals surface area contributed by atoms with Crippen LogP contribution in [0.4, 0.5) is 0 Å². The quantitative estimate of drug-likeness (QED) is 0.0773. The van der Waals surface area contributed by atoms with E-state index >= 15 is 0 Å². The van der Waals surface area contributed by atoms with E-state index < -0.39 is 91.9 Å². The van der Waals surface area contributed by atoms with Crippen LogP contribution in [0, 0.1) is 0 Å². The van der Waals surface area contributed by atoms with Crippen molar-refractivity contribution in [2.24, 2.45) is 0 Å². The number of hydrogen-bond donors (Lipinski definition) is 0. The highest BCUT2D eigenvalue weighted by molar-refractivity contribution is 5.69. The van der Waals surface area contributed by atoms with Crippen LogP contribution in [0.1, 0.15) is 49.9 Å². The van der Waals surface area contributed by atoms with Crippen LogP contribution >= 0.6 is 0 Å². The summed E-state index contributed by atoms with van der Waals surface area (Å²) in [6.45, 7) is 4.98. The average molecular weight is 871 g/mol. The molecular formula is C48H54O15. The molecule has 6 rings (SSSR count). The average Bonchev–Trinajstić information content (AvgIpc) is 3.27. The molecule has 0 amide bonds. The maximum atomic E-state index is 12.6. The highest BCUT2D eigenvalue weighted by Gasteiger charge is 2.55. The van der Waals surface area contributed by atoms with E-state index in [2.05, 4.69) is 0 Å². The summed E-state index contributed by atoms with van der Waals surface area (Å²) in [7, 11) is 0. The molecule has 2 aliphatic heterocycles. The van der Waals surface area contributed by atoms with Crippen molar-refractivity contribution in [1.29, 1.82) is 0 Å². The third kappa shape index (κ3) is 14.2. The summed E-state index contributed by atoms with van der Waals surface area (Å²) in [5.41, 5.74) is 3.64. The van der Waals surface area contributed by atoms with Crippen LogP contribution in [0.3, 0.4) is 0 Å². The van der Waals surface area contributed by atoms with Crippen LogP contribution in [0.5, 0.6) is 0 Å². The Labute approximate surface area is 366 Å². The first kappa shape index (κ1) is 47.0. The molecule has 2 aliphatic rings. The zero-order valence-corrected chi connectivity index (χ0v) is 35.7. The molecule has 2 fully saturated rings. The van der Waals surface area contributed by atoms with Crippen molar-refractivity contribution in [3.8, 4) is 0 Å². The van der Waals surface area contributed by atoms with Gasteiger partial charge in [0, 0.05) is 27.7 Å². The number of carbonyl (C=O) groups is 4. The van der Waals surface area contributed by atoms with Gasteiger partial charge in [0.25, 0.3) is 0 Å². The third-order valence-electron chi connectivity index (χ3n) is 10.0. The summed E-state index contributed by atoms with van der Waals surface area (Å²) in [5, 5.41) is 0. The summed E-state index contributed by atoms with van der Waals surface area (Å²) >= 11 is 0. The van der Waals surface area contributed by atoms with Crippen molar-refractivity contribution in [2.45, 2.75) is 116 Å². The molecule has 4 aromatic carbocycles. The van der Waals surface area contributed by atoms with E-state index in [1.807, 2.05) is 121 Å². The normalized spacial score (nSPS) is 25.7. The first-order valence-corrected chi connectivity index (χ1v) is 20.7. The predicted octanol–water partition coefficient (Wildman–Crippen LogP) is 5.78. The molecule has 0 spiro atoms. The molecule has 4 aromatic rings. The van der Waals surface area contributed by atoms with Gasteiger partial charge in [0.05, 0.1) is 39.6 Å². The second-order valence-electron chi connectivity index (χ2n) is 15.0. The number of carbonyl (C=O) groups excluding carboxylic acids is 4. The summed E-state index contributed by atoms with van der Waals surface area (Å²) < 4.78 is 68.3. The third-order valence-corrected chi connectivity index (χ3v) is 10.0. The number of ether oxygens (including phenoxy) is 11. The smallest absolute Gasteiger partial charge is 0.305 e. The molecule has 63 heavy (non-hydrogen) atoms. The monoisotopic (exact) mass is 870 g/mol. The fourth-order valence-electron chi connectivity index (χ4n) is 7.32. The fraction of sp³-hybridized carbons (Fsp3) is 0.417. The Morgan fingerprint density at radius 1 is 0.381 bits per heavy atom. The molecule has 2 heterocycles. The topological polar surface area (TPSA) is 170 Å². The molecule has 2 saturated heterocycles.